The first-order valence-electron chi connectivity index (χ1n) is 6.63. The fourth-order valence-electron chi connectivity index (χ4n) is 2.14. The number of nitrogens with two attached hydrogens (primary N) is 1. The standard InChI is InChI=1S/C14H22N4OS/c1-17(2)5-6-18-14(13(19-3)9-16-18)12(15)8-11-4-7-20-10-11/h4,7,9-10,12H,5-6,8,15H2,1-3H3. The van der Waals surface area contributed by atoms with Crippen molar-refractivity contribution in [1.29, 1.82) is 0 Å². The van der Waals surface area contributed by atoms with E-state index in [0.29, 0.717) is 0 Å². The Balaban J connectivity index is 2.16. The van der Waals surface area contributed by atoms with Crippen LogP contribution >= 0.6 is 11.3 Å². The van der Waals surface area contributed by atoms with Gasteiger partial charge in [-0.1, -0.05) is 0 Å². The Labute approximate surface area is 124 Å². The Kier molecular flexibility index (Phi) is 5.17. The van der Waals surface area contributed by atoms with Gasteiger partial charge in [-0.15, -0.1) is 0 Å². The molecule has 0 saturated carbocycles. The summed E-state index contributed by atoms with van der Waals surface area (Å²) in [7, 11) is 5.76. The molecule has 2 heterocycles. The quantitative estimate of drug-likeness (QED) is 0.845. The van der Waals surface area contributed by atoms with Crippen LogP contribution in [-0.4, -0.2) is 42.4 Å². The molecule has 2 aromatic heterocycles. The average Bonchev–Trinajstić information content (AvgIpc) is 3.04. The van der Waals surface area contributed by atoms with Crippen molar-refractivity contribution in [1.82, 2.24) is 14.7 Å². The van der Waals surface area contributed by atoms with Crippen molar-refractivity contribution in [2.24, 2.45) is 5.73 Å². The lowest BCUT2D eigenvalue weighted by molar-refractivity contribution is 0.360. The van der Waals surface area contributed by atoms with E-state index in [4.69, 9.17) is 10.5 Å². The molecule has 0 saturated heterocycles. The fourth-order valence-corrected chi connectivity index (χ4v) is 2.82. The maximum absolute atomic E-state index is 6.36. The normalized spacial score (nSPS) is 12.8. The van der Waals surface area contributed by atoms with Gasteiger partial charge in [0.15, 0.2) is 5.75 Å². The monoisotopic (exact) mass is 294 g/mol. The third-order valence-electron chi connectivity index (χ3n) is 3.21. The molecule has 1 atom stereocenters. The topological polar surface area (TPSA) is 56.3 Å². The molecule has 6 heteroatoms. The molecule has 110 valence electrons. The smallest absolute Gasteiger partial charge is 0.161 e. The summed E-state index contributed by atoms with van der Waals surface area (Å²) < 4.78 is 7.35. The number of rotatable bonds is 7. The predicted molar refractivity (Wildman–Crippen MR) is 82.3 cm³/mol. The molecule has 20 heavy (non-hydrogen) atoms. The first-order chi connectivity index (χ1) is 9.61. The Bertz CT molecular complexity index is 521. The van der Waals surface area contributed by atoms with Crippen LogP contribution in [0.5, 0.6) is 5.75 Å². The lowest BCUT2D eigenvalue weighted by atomic mass is 10.1. The van der Waals surface area contributed by atoms with Crippen LogP contribution in [0.2, 0.25) is 0 Å². The summed E-state index contributed by atoms with van der Waals surface area (Å²) in [6.45, 7) is 1.73. The van der Waals surface area contributed by atoms with Crippen molar-refractivity contribution >= 4 is 11.3 Å². The van der Waals surface area contributed by atoms with Crippen molar-refractivity contribution in [3.05, 3.63) is 34.3 Å². The van der Waals surface area contributed by atoms with Crippen LogP contribution in [-0.2, 0) is 13.0 Å². The molecule has 0 aliphatic rings. The second-order valence-corrected chi connectivity index (χ2v) is 5.85. The van der Waals surface area contributed by atoms with E-state index >= 15 is 0 Å². The van der Waals surface area contributed by atoms with Gasteiger partial charge in [-0.05, 0) is 42.9 Å². The van der Waals surface area contributed by atoms with Crippen LogP contribution in [0.4, 0.5) is 0 Å². The van der Waals surface area contributed by atoms with Gasteiger partial charge in [-0.3, -0.25) is 4.68 Å². The molecule has 2 aromatic rings. The molecule has 5 nitrogen and oxygen atoms in total. The third-order valence-corrected chi connectivity index (χ3v) is 3.94. The van der Waals surface area contributed by atoms with Gasteiger partial charge in [0, 0.05) is 6.54 Å². The number of ether oxygens (including phenoxy) is 1. The molecule has 2 N–H and O–H groups in total. The first-order valence-corrected chi connectivity index (χ1v) is 7.57. The maximum Gasteiger partial charge on any atom is 0.161 e. The van der Waals surface area contributed by atoms with Gasteiger partial charge in [-0.25, -0.2) is 0 Å². The SMILES string of the molecule is COc1cnn(CCN(C)C)c1C(N)Cc1ccsc1. The lowest BCUT2D eigenvalue weighted by Gasteiger charge is -2.17. The van der Waals surface area contributed by atoms with Gasteiger partial charge in [0.25, 0.3) is 0 Å². The Morgan fingerprint density at radius 1 is 1.50 bits per heavy atom. The highest BCUT2D eigenvalue weighted by molar-refractivity contribution is 7.07. The van der Waals surface area contributed by atoms with E-state index in [0.717, 1.165) is 31.0 Å². The molecular formula is C14H22N4OS. The third kappa shape index (κ3) is 3.59. The zero-order valence-electron chi connectivity index (χ0n) is 12.2. The van der Waals surface area contributed by atoms with Crippen molar-refractivity contribution in [2.75, 3.05) is 27.7 Å². The van der Waals surface area contributed by atoms with Crippen molar-refractivity contribution in [3.63, 3.8) is 0 Å². The summed E-state index contributed by atoms with van der Waals surface area (Å²) in [5.74, 6) is 0.770. The van der Waals surface area contributed by atoms with Gasteiger partial charge in [0.1, 0.15) is 0 Å². The highest BCUT2D eigenvalue weighted by Crippen LogP contribution is 2.26. The number of aromatic nitrogens is 2. The van der Waals surface area contributed by atoms with Crippen LogP contribution in [0, 0.1) is 0 Å². The number of likely N-dealkylation sites (N-methyl/N-ethyl adjacent to an activating group) is 1. The number of methoxy groups -OCH3 is 1. The molecule has 0 aromatic carbocycles. The van der Waals surface area contributed by atoms with Crippen LogP contribution in [0.15, 0.2) is 23.0 Å². The molecule has 0 amide bonds. The van der Waals surface area contributed by atoms with E-state index < -0.39 is 0 Å². The minimum absolute atomic E-state index is 0.107. The van der Waals surface area contributed by atoms with E-state index in [1.54, 1.807) is 24.6 Å². The molecule has 0 radical (unpaired) electrons. The lowest BCUT2D eigenvalue weighted by Crippen LogP contribution is -2.24. The van der Waals surface area contributed by atoms with Gasteiger partial charge in [0.05, 0.1) is 31.6 Å². The average molecular weight is 294 g/mol. The first kappa shape index (κ1) is 15.0. The van der Waals surface area contributed by atoms with Crippen molar-refractivity contribution < 1.29 is 4.74 Å². The van der Waals surface area contributed by atoms with E-state index in [-0.39, 0.29) is 6.04 Å². The summed E-state index contributed by atoms with van der Waals surface area (Å²) in [5.41, 5.74) is 8.59. The van der Waals surface area contributed by atoms with Gasteiger partial charge < -0.3 is 15.4 Å². The Hall–Kier alpha value is -1.37. The van der Waals surface area contributed by atoms with E-state index in [2.05, 4.69) is 26.8 Å². The van der Waals surface area contributed by atoms with Crippen molar-refractivity contribution in [3.8, 4) is 5.75 Å². The van der Waals surface area contributed by atoms with Crippen LogP contribution in [0.25, 0.3) is 0 Å². The molecule has 1 unspecified atom stereocenters. The molecule has 0 spiro atoms. The van der Waals surface area contributed by atoms with Crippen LogP contribution < -0.4 is 10.5 Å². The number of thiophene rings is 1. The summed E-state index contributed by atoms with van der Waals surface area (Å²) in [6, 6.07) is 2.00. The number of hydrogen-bond donors (Lipinski definition) is 1. The van der Waals surface area contributed by atoms with E-state index in [1.165, 1.54) is 5.56 Å². The predicted octanol–water partition coefficient (Wildman–Crippen LogP) is 1.76. The highest BCUT2D eigenvalue weighted by atomic mass is 32.1. The van der Waals surface area contributed by atoms with Crippen molar-refractivity contribution in [2.45, 2.75) is 19.0 Å². The minimum Gasteiger partial charge on any atom is -0.493 e. The number of nitrogens with zero attached hydrogens (tertiary/aromatic N) is 3. The molecule has 0 aliphatic heterocycles. The second kappa shape index (κ2) is 6.88. The minimum atomic E-state index is -0.107. The molecule has 2 rings (SSSR count). The van der Waals surface area contributed by atoms with Gasteiger partial charge in [0.2, 0.25) is 0 Å². The molecular weight excluding hydrogens is 272 g/mol. The summed E-state index contributed by atoms with van der Waals surface area (Å²) >= 11 is 1.69. The second-order valence-electron chi connectivity index (χ2n) is 5.07. The van der Waals surface area contributed by atoms with E-state index in [9.17, 15) is 0 Å². The zero-order chi connectivity index (χ0) is 14.5. The summed E-state index contributed by atoms with van der Waals surface area (Å²) in [4.78, 5) is 2.13. The molecule has 0 aliphatic carbocycles. The van der Waals surface area contributed by atoms with Crippen LogP contribution in [0.1, 0.15) is 17.3 Å². The summed E-state index contributed by atoms with van der Waals surface area (Å²) in [5, 5.41) is 8.60. The van der Waals surface area contributed by atoms with Gasteiger partial charge in [-0.2, -0.15) is 16.4 Å². The van der Waals surface area contributed by atoms with Gasteiger partial charge >= 0.3 is 0 Å². The molecule has 0 fully saturated rings. The Morgan fingerprint density at radius 3 is 2.90 bits per heavy atom. The fraction of sp³-hybridized carbons (Fsp3) is 0.500. The largest absolute Gasteiger partial charge is 0.493 e. The highest BCUT2D eigenvalue weighted by Gasteiger charge is 2.19. The maximum atomic E-state index is 6.36. The molecule has 0 bridgehead atoms. The summed E-state index contributed by atoms with van der Waals surface area (Å²) in [6.07, 6.45) is 2.55. The van der Waals surface area contributed by atoms with Crippen LogP contribution in [0.3, 0.4) is 0 Å². The van der Waals surface area contributed by atoms with E-state index in [1.807, 2.05) is 18.8 Å². The zero-order valence-corrected chi connectivity index (χ0v) is 13.1. The number of hydrogen-bond acceptors (Lipinski definition) is 5. The Morgan fingerprint density at radius 2 is 2.30 bits per heavy atom.